The topological polar surface area (TPSA) is 49.0 Å². The highest BCUT2D eigenvalue weighted by atomic mass is 32.2. The van der Waals surface area contributed by atoms with Crippen molar-refractivity contribution in [3.63, 3.8) is 0 Å². The lowest BCUT2D eigenvalue weighted by molar-refractivity contribution is 0.324. The molecule has 4 aromatic rings. The van der Waals surface area contributed by atoms with E-state index >= 15 is 0 Å². The Hall–Kier alpha value is -2.15. The van der Waals surface area contributed by atoms with Gasteiger partial charge in [0.1, 0.15) is 4.83 Å². The zero-order valence-electron chi connectivity index (χ0n) is 16.1. The van der Waals surface area contributed by atoms with Crippen LogP contribution in [0, 0.1) is 0 Å². The van der Waals surface area contributed by atoms with E-state index in [2.05, 4.69) is 54.1 Å². The minimum atomic E-state index is -0.0558. The number of nitrogens with zero attached hydrogens (tertiary/aromatic N) is 2. The number of thioether (sulfide) groups is 1. The third-order valence-corrected chi connectivity index (χ3v) is 6.75. The first kappa shape index (κ1) is 19.2. The van der Waals surface area contributed by atoms with E-state index in [0.29, 0.717) is 10.5 Å². The molecule has 0 aliphatic carbocycles. The summed E-state index contributed by atoms with van der Waals surface area (Å²) in [5, 5.41) is 5.81. The van der Waals surface area contributed by atoms with E-state index in [0.717, 1.165) is 41.3 Å². The van der Waals surface area contributed by atoms with Gasteiger partial charge in [-0.2, -0.15) is 0 Å². The Bertz CT molecular complexity index is 1160. The third-order valence-electron chi connectivity index (χ3n) is 5.02. The zero-order chi connectivity index (χ0) is 19.5. The molecule has 0 radical (unpaired) electrons. The van der Waals surface area contributed by atoms with E-state index in [9.17, 15) is 4.79 Å². The van der Waals surface area contributed by atoms with E-state index in [1.165, 1.54) is 22.1 Å². The van der Waals surface area contributed by atoms with Gasteiger partial charge in [-0.15, -0.1) is 11.3 Å². The summed E-state index contributed by atoms with van der Waals surface area (Å²) in [6, 6.07) is 14.6. The first-order valence-corrected chi connectivity index (χ1v) is 11.4. The van der Waals surface area contributed by atoms with Crippen molar-refractivity contribution in [2.24, 2.45) is 0 Å². The number of fused-ring (bicyclic) bond motifs is 2. The highest BCUT2D eigenvalue weighted by Crippen LogP contribution is 2.33. The number of H-pyrrole nitrogens is 1. The Morgan fingerprint density at radius 1 is 1.11 bits per heavy atom. The van der Waals surface area contributed by atoms with Crippen LogP contribution in [0.15, 0.2) is 57.8 Å². The van der Waals surface area contributed by atoms with E-state index in [1.54, 1.807) is 11.8 Å². The van der Waals surface area contributed by atoms with Gasteiger partial charge in [0.25, 0.3) is 5.56 Å². The molecule has 144 valence electrons. The SMILES string of the molecule is CCN(CC)CCSc1nc2scc(-c3ccc4ccccc4c3)c2c(=O)[nH]1. The van der Waals surface area contributed by atoms with Crippen LogP contribution in [0.3, 0.4) is 0 Å². The van der Waals surface area contributed by atoms with Crippen LogP contribution in [0.2, 0.25) is 0 Å². The second-order valence-corrected chi connectivity index (χ2v) is 8.58. The maximum atomic E-state index is 12.8. The fraction of sp³-hybridized carbons (Fsp3) is 0.273. The van der Waals surface area contributed by atoms with Crippen molar-refractivity contribution in [2.75, 3.05) is 25.4 Å². The number of aromatic amines is 1. The first-order chi connectivity index (χ1) is 13.7. The Morgan fingerprint density at radius 3 is 2.68 bits per heavy atom. The van der Waals surface area contributed by atoms with Crippen molar-refractivity contribution in [1.82, 2.24) is 14.9 Å². The summed E-state index contributed by atoms with van der Waals surface area (Å²) in [5.74, 6) is 0.916. The molecule has 4 nitrogen and oxygen atoms in total. The minimum absolute atomic E-state index is 0.0558. The lowest BCUT2D eigenvalue weighted by Crippen LogP contribution is -2.25. The standard InChI is InChI=1S/C22H23N3OS2/c1-3-25(4-2)11-12-27-22-23-20(26)19-18(14-28-21(19)24-22)17-10-9-15-7-5-6-8-16(15)13-17/h5-10,13-14H,3-4,11-12H2,1-2H3,(H,23,24,26). The summed E-state index contributed by atoms with van der Waals surface area (Å²) < 4.78 is 0. The quantitative estimate of drug-likeness (QED) is 0.335. The van der Waals surface area contributed by atoms with E-state index < -0.39 is 0 Å². The van der Waals surface area contributed by atoms with Gasteiger partial charge in [0.05, 0.1) is 5.39 Å². The molecule has 0 saturated carbocycles. The molecule has 0 spiro atoms. The van der Waals surface area contributed by atoms with Gasteiger partial charge in [0.2, 0.25) is 0 Å². The van der Waals surface area contributed by atoms with Crippen molar-refractivity contribution in [2.45, 2.75) is 19.0 Å². The highest BCUT2D eigenvalue weighted by Gasteiger charge is 2.13. The molecule has 0 saturated heterocycles. The van der Waals surface area contributed by atoms with Crippen LogP contribution < -0.4 is 5.56 Å². The van der Waals surface area contributed by atoms with E-state index in [4.69, 9.17) is 4.98 Å². The third kappa shape index (κ3) is 3.85. The Balaban J connectivity index is 1.63. The maximum Gasteiger partial charge on any atom is 0.260 e. The molecule has 0 atom stereocenters. The van der Waals surface area contributed by atoms with Crippen LogP contribution in [-0.4, -0.2) is 40.3 Å². The number of thiophene rings is 1. The Kier molecular flexibility index (Phi) is 5.80. The maximum absolute atomic E-state index is 12.8. The lowest BCUT2D eigenvalue weighted by Gasteiger charge is -2.16. The van der Waals surface area contributed by atoms with Crippen molar-refractivity contribution in [3.8, 4) is 11.1 Å². The van der Waals surface area contributed by atoms with Crippen LogP contribution in [-0.2, 0) is 0 Å². The molecule has 1 N–H and O–H groups in total. The lowest BCUT2D eigenvalue weighted by atomic mass is 10.0. The molecule has 6 heteroatoms. The average molecular weight is 410 g/mol. The molecule has 2 aromatic heterocycles. The van der Waals surface area contributed by atoms with E-state index in [1.807, 2.05) is 17.5 Å². The zero-order valence-corrected chi connectivity index (χ0v) is 17.7. The van der Waals surface area contributed by atoms with Crippen LogP contribution >= 0.6 is 23.1 Å². The monoisotopic (exact) mass is 409 g/mol. The molecule has 0 bridgehead atoms. The minimum Gasteiger partial charge on any atom is -0.303 e. The van der Waals surface area contributed by atoms with Crippen molar-refractivity contribution in [1.29, 1.82) is 0 Å². The molecule has 0 aliphatic heterocycles. The molecule has 28 heavy (non-hydrogen) atoms. The molecular formula is C22H23N3OS2. The van der Waals surface area contributed by atoms with Gasteiger partial charge >= 0.3 is 0 Å². The summed E-state index contributed by atoms with van der Waals surface area (Å²) >= 11 is 3.15. The van der Waals surface area contributed by atoms with Gasteiger partial charge in [0, 0.05) is 23.2 Å². The number of aromatic nitrogens is 2. The van der Waals surface area contributed by atoms with Crippen LogP contribution in [0.5, 0.6) is 0 Å². The normalized spacial score (nSPS) is 11.7. The highest BCUT2D eigenvalue weighted by molar-refractivity contribution is 7.99. The fourth-order valence-corrected chi connectivity index (χ4v) is 5.25. The summed E-state index contributed by atoms with van der Waals surface area (Å²) in [4.78, 5) is 23.7. The van der Waals surface area contributed by atoms with Gasteiger partial charge in [-0.05, 0) is 35.5 Å². The molecule has 0 aliphatic rings. The van der Waals surface area contributed by atoms with Gasteiger partial charge in [0.15, 0.2) is 5.16 Å². The Morgan fingerprint density at radius 2 is 1.89 bits per heavy atom. The fourth-order valence-electron chi connectivity index (χ4n) is 3.38. The number of rotatable bonds is 7. The molecule has 0 unspecified atom stereocenters. The largest absolute Gasteiger partial charge is 0.303 e. The van der Waals surface area contributed by atoms with E-state index in [-0.39, 0.29) is 5.56 Å². The van der Waals surface area contributed by atoms with Gasteiger partial charge in [-0.25, -0.2) is 4.98 Å². The predicted molar refractivity (Wildman–Crippen MR) is 122 cm³/mol. The number of nitrogens with one attached hydrogen (secondary N) is 1. The molecular weight excluding hydrogens is 386 g/mol. The molecule has 2 heterocycles. The molecule has 2 aromatic carbocycles. The molecule has 4 rings (SSSR count). The molecule has 0 fully saturated rings. The second kappa shape index (κ2) is 8.47. The van der Waals surface area contributed by atoms with Gasteiger partial charge < -0.3 is 9.88 Å². The predicted octanol–water partition coefficient (Wildman–Crippen LogP) is 5.24. The summed E-state index contributed by atoms with van der Waals surface area (Å²) in [6.45, 7) is 7.41. The summed E-state index contributed by atoms with van der Waals surface area (Å²) in [6.07, 6.45) is 0. The number of benzene rings is 2. The summed E-state index contributed by atoms with van der Waals surface area (Å²) in [5.41, 5.74) is 1.96. The van der Waals surface area contributed by atoms with Crippen LogP contribution in [0.25, 0.3) is 32.1 Å². The smallest absolute Gasteiger partial charge is 0.260 e. The van der Waals surface area contributed by atoms with Crippen LogP contribution in [0.4, 0.5) is 0 Å². The van der Waals surface area contributed by atoms with Crippen molar-refractivity contribution < 1.29 is 0 Å². The average Bonchev–Trinajstić information content (AvgIpc) is 3.15. The molecule has 0 amide bonds. The van der Waals surface area contributed by atoms with Crippen molar-refractivity contribution >= 4 is 44.1 Å². The number of hydrogen-bond donors (Lipinski definition) is 1. The summed E-state index contributed by atoms with van der Waals surface area (Å²) in [7, 11) is 0. The van der Waals surface area contributed by atoms with Crippen LogP contribution in [0.1, 0.15) is 13.8 Å². The van der Waals surface area contributed by atoms with Crippen molar-refractivity contribution in [3.05, 3.63) is 58.2 Å². The van der Waals surface area contributed by atoms with Gasteiger partial charge in [-0.3, -0.25) is 4.79 Å². The first-order valence-electron chi connectivity index (χ1n) is 9.55. The van der Waals surface area contributed by atoms with Gasteiger partial charge in [-0.1, -0.05) is 62.0 Å². The Labute approximate surface area is 172 Å². The second-order valence-electron chi connectivity index (χ2n) is 6.64. The number of hydrogen-bond acceptors (Lipinski definition) is 5.